The number of hydrogen-bond acceptors (Lipinski definition) is 5. The van der Waals surface area contributed by atoms with Crippen LogP contribution in [0.1, 0.15) is 17.6 Å². The fourth-order valence-corrected chi connectivity index (χ4v) is 2.78. The van der Waals surface area contributed by atoms with Gasteiger partial charge in [0.05, 0.1) is 19.8 Å². The van der Waals surface area contributed by atoms with Gasteiger partial charge >= 0.3 is 6.03 Å². The van der Waals surface area contributed by atoms with Crippen LogP contribution in [0.2, 0.25) is 0 Å². The molecule has 1 aliphatic rings. The predicted octanol–water partition coefficient (Wildman–Crippen LogP) is 1.40. The highest BCUT2D eigenvalue weighted by Gasteiger charge is 2.30. The van der Waals surface area contributed by atoms with Gasteiger partial charge in [0, 0.05) is 35.3 Å². The third kappa shape index (κ3) is 4.74. The lowest BCUT2D eigenvalue weighted by Crippen LogP contribution is -2.48. The molecule has 2 heterocycles. The first-order valence-electron chi connectivity index (χ1n) is 7.18. The van der Waals surface area contributed by atoms with Crippen molar-refractivity contribution in [3.63, 3.8) is 0 Å². The highest BCUT2D eigenvalue weighted by molar-refractivity contribution is 7.92. The summed E-state index contributed by atoms with van der Waals surface area (Å²) in [6.45, 7) is 4.00. The van der Waals surface area contributed by atoms with Gasteiger partial charge in [0.2, 0.25) is 0 Å². The summed E-state index contributed by atoms with van der Waals surface area (Å²) in [6, 6.07) is 3.34. The van der Waals surface area contributed by atoms with Crippen LogP contribution in [0.4, 0.5) is 4.79 Å². The number of hydrogen-bond donors (Lipinski definition) is 1. The molecule has 0 aromatic carbocycles. The zero-order valence-corrected chi connectivity index (χ0v) is 14.0. The standard InChI is InChI=1S/C14H23N3O4S/c1-11-4-5-13(21-11)12-10-20-9-8-17(12)14(18)15-6-7-16-22(2,3)19/h4-5,12H,6-10H2,1-3H3,(H,15,18)/t12-/m1/s1. The third-order valence-electron chi connectivity index (χ3n) is 3.27. The first-order valence-corrected chi connectivity index (χ1v) is 9.51. The van der Waals surface area contributed by atoms with Crippen LogP contribution in [0.25, 0.3) is 0 Å². The van der Waals surface area contributed by atoms with Gasteiger partial charge in [-0.05, 0) is 19.1 Å². The summed E-state index contributed by atoms with van der Waals surface area (Å²) in [7, 11) is -2.12. The second-order valence-electron chi connectivity index (χ2n) is 5.50. The van der Waals surface area contributed by atoms with Crippen molar-refractivity contribution in [2.24, 2.45) is 4.36 Å². The number of morpholine rings is 1. The lowest BCUT2D eigenvalue weighted by molar-refractivity contribution is 0.00416. The van der Waals surface area contributed by atoms with Gasteiger partial charge < -0.3 is 19.4 Å². The molecule has 0 radical (unpaired) electrons. The van der Waals surface area contributed by atoms with E-state index in [1.165, 1.54) is 0 Å². The van der Waals surface area contributed by atoms with Crippen LogP contribution in [-0.2, 0) is 14.5 Å². The molecule has 0 aliphatic carbocycles. The fraction of sp³-hybridized carbons (Fsp3) is 0.643. The molecule has 1 N–H and O–H groups in total. The molecule has 22 heavy (non-hydrogen) atoms. The molecule has 1 fully saturated rings. The Balaban J connectivity index is 1.95. The summed E-state index contributed by atoms with van der Waals surface area (Å²) in [5, 5.41) is 2.80. The van der Waals surface area contributed by atoms with Crippen molar-refractivity contribution in [1.82, 2.24) is 10.2 Å². The van der Waals surface area contributed by atoms with Gasteiger partial charge in [0.25, 0.3) is 0 Å². The van der Waals surface area contributed by atoms with Crippen LogP contribution in [0.3, 0.4) is 0 Å². The molecule has 0 spiro atoms. The normalized spacial score (nSPS) is 19.0. The maximum atomic E-state index is 12.3. The molecule has 124 valence electrons. The average Bonchev–Trinajstić information content (AvgIpc) is 2.89. The van der Waals surface area contributed by atoms with E-state index in [9.17, 15) is 9.00 Å². The Morgan fingerprint density at radius 1 is 1.50 bits per heavy atom. The summed E-state index contributed by atoms with van der Waals surface area (Å²) in [5.41, 5.74) is 0. The first-order chi connectivity index (χ1) is 10.4. The number of aryl methyl sites for hydroxylation is 1. The van der Waals surface area contributed by atoms with E-state index in [4.69, 9.17) is 9.15 Å². The molecule has 0 bridgehead atoms. The molecule has 1 saturated heterocycles. The van der Waals surface area contributed by atoms with E-state index in [-0.39, 0.29) is 12.1 Å². The SMILES string of the molecule is Cc1ccc([C@H]2COCCN2C(=O)NCCN=S(C)(C)=O)o1. The number of ether oxygens (including phenoxy) is 1. The van der Waals surface area contributed by atoms with Gasteiger partial charge in [-0.15, -0.1) is 0 Å². The Kier molecular flexibility index (Phi) is 5.47. The largest absolute Gasteiger partial charge is 0.464 e. The van der Waals surface area contributed by atoms with Gasteiger partial charge in [0.1, 0.15) is 17.6 Å². The topological polar surface area (TPSA) is 84.1 Å². The minimum Gasteiger partial charge on any atom is -0.464 e. The van der Waals surface area contributed by atoms with Gasteiger partial charge in [0.15, 0.2) is 0 Å². The minimum absolute atomic E-state index is 0.184. The molecule has 8 heteroatoms. The number of furan rings is 1. The lowest BCUT2D eigenvalue weighted by atomic mass is 10.2. The van der Waals surface area contributed by atoms with Gasteiger partial charge in [-0.3, -0.25) is 4.21 Å². The molecule has 7 nitrogen and oxygen atoms in total. The van der Waals surface area contributed by atoms with Gasteiger partial charge in [-0.2, -0.15) is 0 Å². The molecular formula is C14H23N3O4S. The third-order valence-corrected chi connectivity index (χ3v) is 4.07. The van der Waals surface area contributed by atoms with Crippen molar-refractivity contribution in [3.05, 3.63) is 23.7 Å². The molecule has 0 unspecified atom stereocenters. The van der Waals surface area contributed by atoms with E-state index < -0.39 is 9.73 Å². The van der Waals surface area contributed by atoms with E-state index in [0.717, 1.165) is 11.5 Å². The Bertz CT molecular complexity index is 626. The Morgan fingerprint density at radius 2 is 2.27 bits per heavy atom. The smallest absolute Gasteiger partial charge is 0.318 e. The second-order valence-corrected chi connectivity index (χ2v) is 8.12. The highest BCUT2D eigenvalue weighted by Crippen LogP contribution is 2.25. The van der Waals surface area contributed by atoms with E-state index >= 15 is 0 Å². The summed E-state index contributed by atoms with van der Waals surface area (Å²) in [5.74, 6) is 1.53. The van der Waals surface area contributed by atoms with Crippen molar-refractivity contribution in [2.75, 3.05) is 45.4 Å². The van der Waals surface area contributed by atoms with E-state index in [1.807, 2.05) is 19.1 Å². The Labute approximate surface area is 131 Å². The number of amides is 2. The molecule has 2 amide bonds. The van der Waals surface area contributed by atoms with Crippen LogP contribution < -0.4 is 5.32 Å². The zero-order valence-electron chi connectivity index (χ0n) is 13.2. The molecule has 1 aromatic heterocycles. The van der Waals surface area contributed by atoms with Crippen LogP contribution in [0, 0.1) is 6.92 Å². The van der Waals surface area contributed by atoms with Crippen LogP contribution in [0.15, 0.2) is 20.9 Å². The zero-order chi connectivity index (χ0) is 16.2. The summed E-state index contributed by atoms with van der Waals surface area (Å²) >= 11 is 0. The molecule has 1 atom stereocenters. The predicted molar refractivity (Wildman–Crippen MR) is 84.4 cm³/mol. The average molecular weight is 329 g/mol. The number of nitrogens with one attached hydrogen (secondary N) is 1. The summed E-state index contributed by atoms with van der Waals surface area (Å²) in [4.78, 5) is 14.0. The van der Waals surface area contributed by atoms with E-state index in [1.54, 1.807) is 17.4 Å². The number of carbonyl (C=O) groups excluding carboxylic acids is 1. The Hall–Kier alpha value is -1.54. The quantitative estimate of drug-likeness (QED) is 0.846. The lowest BCUT2D eigenvalue weighted by Gasteiger charge is -2.34. The summed E-state index contributed by atoms with van der Waals surface area (Å²) < 4.78 is 26.5. The molecule has 2 rings (SSSR count). The van der Waals surface area contributed by atoms with Crippen molar-refractivity contribution in [2.45, 2.75) is 13.0 Å². The maximum Gasteiger partial charge on any atom is 0.318 e. The van der Waals surface area contributed by atoms with Crippen molar-refractivity contribution >= 4 is 15.8 Å². The number of urea groups is 1. The van der Waals surface area contributed by atoms with Crippen molar-refractivity contribution in [1.29, 1.82) is 0 Å². The van der Waals surface area contributed by atoms with Gasteiger partial charge in [-0.25, -0.2) is 9.16 Å². The second kappa shape index (κ2) is 7.15. The van der Waals surface area contributed by atoms with Crippen molar-refractivity contribution < 1.29 is 18.2 Å². The highest BCUT2D eigenvalue weighted by atomic mass is 32.2. The summed E-state index contributed by atoms with van der Waals surface area (Å²) in [6.07, 6.45) is 3.15. The van der Waals surface area contributed by atoms with Crippen LogP contribution >= 0.6 is 0 Å². The van der Waals surface area contributed by atoms with Crippen molar-refractivity contribution in [3.8, 4) is 0 Å². The molecule has 1 aliphatic heterocycles. The number of rotatable bonds is 4. The minimum atomic E-state index is -2.12. The maximum absolute atomic E-state index is 12.3. The van der Waals surface area contributed by atoms with Crippen LogP contribution in [-0.4, -0.2) is 60.5 Å². The Morgan fingerprint density at radius 3 is 2.91 bits per heavy atom. The number of carbonyl (C=O) groups is 1. The molecular weight excluding hydrogens is 306 g/mol. The monoisotopic (exact) mass is 329 g/mol. The molecule has 0 saturated carbocycles. The van der Waals surface area contributed by atoms with Gasteiger partial charge in [-0.1, -0.05) is 0 Å². The number of nitrogens with zero attached hydrogens (tertiary/aromatic N) is 2. The van der Waals surface area contributed by atoms with Crippen LogP contribution in [0.5, 0.6) is 0 Å². The van der Waals surface area contributed by atoms with E-state index in [0.29, 0.717) is 32.8 Å². The first kappa shape index (κ1) is 16.8. The fourth-order valence-electron chi connectivity index (χ4n) is 2.24. The molecule has 1 aromatic rings. The van der Waals surface area contributed by atoms with E-state index in [2.05, 4.69) is 9.68 Å².